The van der Waals surface area contributed by atoms with Crippen LogP contribution < -0.4 is 16.0 Å². The number of anilines is 1. The van der Waals surface area contributed by atoms with Crippen LogP contribution in [0.1, 0.15) is 12.5 Å². The van der Waals surface area contributed by atoms with Crippen LogP contribution in [0.3, 0.4) is 0 Å². The number of hydrogen-bond acceptors (Lipinski definition) is 5. The molecule has 7 nitrogen and oxygen atoms in total. The molecule has 0 unspecified atom stereocenters. The third-order valence-corrected chi connectivity index (χ3v) is 3.72. The molecule has 0 spiro atoms. The molecule has 0 bridgehead atoms. The van der Waals surface area contributed by atoms with Crippen LogP contribution in [0.2, 0.25) is 0 Å². The summed E-state index contributed by atoms with van der Waals surface area (Å²) in [5.74, 6) is 0. The van der Waals surface area contributed by atoms with Gasteiger partial charge in [-0.05, 0) is 19.1 Å². The van der Waals surface area contributed by atoms with Gasteiger partial charge in [0.25, 0.3) is 0 Å². The largest absolute Gasteiger partial charge is 0.405 e. The Labute approximate surface area is 185 Å². The molecule has 0 radical (unpaired) electrons. The number of halogens is 6. The van der Waals surface area contributed by atoms with Gasteiger partial charge in [0, 0.05) is 18.3 Å². The quantitative estimate of drug-likeness (QED) is 0.134. The summed E-state index contributed by atoms with van der Waals surface area (Å²) in [6.07, 6.45) is -8.94. The summed E-state index contributed by atoms with van der Waals surface area (Å²) in [7, 11) is 1.71. The van der Waals surface area contributed by atoms with Gasteiger partial charge in [-0.15, -0.1) is 40.6 Å². The molecule has 15 heteroatoms. The Morgan fingerprint density at radius 1 is 0.806 bits per heavy atom. The van der Waals surface area contributed by atoms with Crippen LogP contribution in [0.5, 0.6) is 0 Å². The highest BCUT2D eigenvalue weighted by Crippen LogP contribution is 2.14. The van der Waals surface area contributed by atoms with Crippen LogP contribution in [0, 0.1) is 0 Å². The smallest absolute Gasteiger partial charge is 0.388 e. The van der Waals surface area contributed by atoms with Crippen molar-refractivity contribution < 1.29 is 26.3 Å². The lowest BCUT2D eigenvalue weighted by molar-refractivity contribution is -0.122. The zero-order valence-corrected chi connectivity index (χ0v) is 18.0. The van der Waals surface area contributed by atoms with E-state index in [1.54, 1.807) is 31.3 Å². The highest BCUT2D eigenvalue weighted by molar-refractivity contribution is 7.97. The third-order valence-electron chi connectivity index (χ3n) is 3.22. The molecule has 172 valence electrons. The van der Waals surface area contributed by atoms with E-state index >= 15 is 0 Å². The maximum atomic E-state index is 12.3. The van der Waals surface area contributed by atoms with Crippen LogP contribution in [0.25, 0.3) is 0 Å². The molecule has 0 aliphatic carbocycles. The third kappa shape index (κ3) is 11.5. The average Bonchev–Trinajstić information content (AvgIpc) is 2.68. The van der Waals surface area contributed by atoms with Gasteiger partial charge >= 0.3 is 12.4 Å². The normalized spacial score (nSPS) is 14.5. The number of amidine groups is 2. The highest BCUT2D eigenvalue weighted by atomic mass is 32.1. The van der Waals surface area contributed by atoms with Crippen molar-refractivity contribution in [1.29, 1.82) is 0 Å². The van der Waals surface area contributed by atoms with E-state index in [1.807, 2.05) is 10.6 Å². The average molecular weight is 487 g/mol. The number of hydrogen-bond donors (Lipinski definition) is 5. The topological polar surface area (TPSA) is 85.5 Å². The van der Waals surface area contributed by atoms with E-state index in [1.165, 1.54) is 6.92 Å². The Bertz CT molecular complexity index is 845. The summed E-state index contributed by atoms with van der Waals surface area (Å²) < 4.78 is 73.5. The summed E-state index contributed by atoms with van der Waals surface area (Å²) in [4.78, 5) is 0. The lowest BCUT2D eigenvalue weighted by Gasteiger charge is -2.09. The van der Waals surface area contributed by atoms with Crippen molar-refractivity contribution in [3.8, 4) is 0 Å². The Balaban J connectivity index is 3.16. The van der Waals surface area contributed by atoms with E-state index in [0.29, 0.717) is 5.56 Å². The molecule has 0 fully saturated rings. The zero-order valence-electron chi connectivity index (χ0n) is 16.2. The predicted molar refractivity (Wildman–Crippen MR) is 117 cm³/mol. The minimum absolute atomic E-state index is 0.101. The summed E-state index contributed by atoms with van der Waals surface area (Å²) in [5, 5.41) is 20.7. The van der Waals surface area contributed by atoms with Gasteiger partial charge in [-0.3, -0.25) is 0 Å². The maximum Gasteiger partial charge on any atom is 0.405 e. The number of nitrogens with zero attached hydrogens (tertiary/aromatic N) is 4. The molecule has 0 aromatic heterocycles. The number of nitrogens with one attached hydrogen (secondary N) is 3. The second-order valence-corrected chi connectivity index (χ2v) is 6.59. The monoisotopic (exact) mass is 487 g/mol. The fourth-order valence-electron chi connectivity index (χ4n) is 1.83. The molecule has 0 saturated carbocycles. The Morgan fingerprint density at radius 3 is 1.68 bits per heavy atom. The molecule has 3 N–H and O–H groups in total. The van der Waals surface area contributed by atoms with Gasteiger partial charge in [0.2, 0.25) is 0 Å². The van der Waals surface area contributed by atoms with Gasteiger partial charge in [-0.2, -0.15) is 31.4 Å². The van der Waals surface area contributed by atoms with Gasteiger partial charge in [0.15, 0.2) is 10.3 Å². The van der Waals surface area contributed by atoms with Crippen molar-refractivity contribution in [2.75, 3.05) is 25.5 Å². The van der Waals surface area contributed by atoms with Gasteiger partial charge in [0.1, 0.15) is 18.8 Å². The molecule has 1 rings (SSSR count). The van der Waals surface area contributed by atoms with Crippen LogP contribution in [-0.4, -0.2) is 54.2 Å². The van der Waals surface area contributed by atoms with E-state index in [2.05, 4.69) is 51.0 Å². The molecule has 0 aliphatic rings. The summed E-state index contributed by atoms with van der Waals surface area (Å²) >= 11 is 7.56. The lowest BCUT2D eigenvalue weighted by atomic mass is 10.1. The van der Waals surface area contributed by atoms with Gasteiger partial charge in [-0.1, -0.05) is 12.1 Å². The second-order valence-electron chi connectivity index (χ2n) is 5.75. The van der Waals surface area contributed by atoms with E-state index in [0.717, 1.165) is 5.69 Å². The van der Waals surface area contributed by atoms with Crippen molar-refractivity contribution >= 4 is 52.7 Å². The van der Waals surface area contributed by atoms with Crippen LogP contribution in [0.15, 0.2) is 44.7 Å². The lowest BCUT2D eigenvalue weighted by Crippen LogP contribution is -2.31. The first kappa shape index (κ1) is 26.6. The summed E-state index contributed by atoms with van der Waals surface area (Å²) in [6.45, 7) is -1.27. The maximum absolute atomic E-state index is 12.3. The molecular weight excluding hydrogens is 468 g/mol. The van der Waals surface area contributed by atoms with E-state index in [4.69, 9.17) is 0 Å². The first-order valence-electron chi connectivity index (χ1n) is 8.36. The number of benzene rings is 1. The Hall–Kier alpha value is -2.42. The van der Waals surface area contributed by atoms with Gasteiger partial charge in [-0.25, -0.2) is 0 Å². The molecule has 0 heterocycles. The van der Waals surface area contributed by atoms with Crippen molar-refractivity contribution in [1.82, 2.24) is 10.6 Å². The molecule has 1 aromatic rings. The molecule has 0 amide bonds. The van der Waals surface area contributed by atoms with E-state index in [9.17, 15) is 26.3 Å². The van der Waals surface area contributed by atoms with Crippen molar-refractivity contribution in [2.24, 2.45) is 20.4 Å². The van der Waals surface area contributed by atoms with Gasteiger partial charge < -0.3 is 16.0 Å². The number of alkyl halides is 6. The molecule has 0 saturated heterocycles. The predicted octanol–water partition coefficient (Wildman–Crippen LogP) is 3.68. The van der Waals surface area contributed by atoms with Crippen LogP contribution in [0.4, 0.5) is 32.0 Å². The first-order valence-corrected chi connectivity index (χ1v) is 9.26. The standard InChI is InChI=1S/C16H19F6N7S2/c1-9(26-28-13(30)24-7-15(17,18)19)12(10-3-5-11(23-2)6-4-10)27-29-14(31)25-8-16(20,21)22/h3-6,23H,7-8H2,1-2H3,(H2,24,28,30)(H2,25,29,31)/b26-9+,27-12-. The molecular formula is C16H19F6N7S2. The summed E-state index contributed by atoms with van der Waals surface area (Å²) in [5.41, 5.74) is 1.46. The fraction of sp³-hybridized carbons (Fsp3) is 0.375. The molecule has 0 atom stereocenters. The Kier molecular flexibility index (Phi) is 10.2. The highest BCUT2D eigenvalue weighted by Gasteiger charge is 2.27. The Morgan fingerprint density at radius 2 is 1.26 bits per heavy atom. The molecule has 1 aromatic carbocycles. The van der Waals surface area contributed by atoms with Crippen LogP contribution in [-0.2, 0) is 0 Å². The van der Waals surface area contributed by atoms with E-state index < -0.39 is 35.8 Å². The minimum Gasteiger partial charge on any atom is -0.388 e. The molecule has 0 aliphatic heterocycles. The van der Waals surface area contributed by atoms with E-state index in [-0.39, 0.29) is 11.4 Å². The second kappa shape index (κ2) is 11.8. The first-order chi connectivity index (χ1) is 14.3. The zero-order chi connectivity index (χ0) is 23.7. The minimum atomic E-state index is -4.47. The van der Waals surface area contributed by atoms with Crippen molar-refractivity contribution in [3.05, 3.63) is 29.8 Å². The molecule has 31 heavy (non-hydrogen) atoms. The van der Waals surface area contributed by atoms with Crippen molar-refractivity contribution in [3.63, 3.8) is 0 Å². The SMILES string of the molecule is CNc1ccc(C(=N\N=C(/S)NCC(F)(F)F)/C(C)=N/N=C(\S)NCC(F)(F)F)cc1. The van der Waals surface area contributed by atoms with Crippen molar-refractivity contribution in [2.45, 2.75) is 19.3 Å². The number of thiol groups is 2. The fourth-order valence-corrected chi connectivity index (χ4v) is 2.08. The van der Waals surface area contributed by atoms with Gasteiger partial charge in [0.05, 0.1) is 5.71 Å². The number of rotatable bonds is 7. The van der Waals surface area contributed by atoms with Crippen LogP contribution >= 0.6 is 25.3 Å². The summed E-state index contributed by atoms with van der Waals surface area (Å²) in [6, 6.07) is 6.66.